The Hall–Kier alpha value is -4.79. The van der Waals surface area contributed by atoms with Crippen LogP contribution in [-0.2, 0) is 25.5 Å². The number of hydrogen-bond donors (Lipinski definition) is 0. The predicted molar refractivity (Wildman–Crippen MR) is 175 cm³/mol. The maximum absolute atomic E-state index is 4.74. The third-order valence-electron chi connectivity index (χ3n) is 7.99. The zero-order valence-corrected chi connectivity index (χ0v) is 27.1. The van der Waals surface area contributed by atoms with E-state index < -0.39 is 0 Å². The molecule has 0 atom stereocenters. The number of nitrogens with zero attached hydrogens (tertiary/aromatic N) is 4. The molecular formula is C39H30IrN4. The molecule has 2 aromatic heterocycles. The summed E-state index contributed by atoms with van der Waals surface area (Å²) in [5, 5.41) is 0. The largest absolute Gasteiger partial charge is 0.501 e. The monoisotopic (exact) mass is 747 g/mol. The van der Waals surface area contributed by atoms with Gasteiger partial charge in [-0.15, -0.1) is 47.5 Å². The van der Waals surface area contributed by atoms with Gasteiger partial charge in [-0.25, -0.2) is 0 Å². The summed E-state index contributed by atoms with van der Waals surface area (Å²) >= 11 is 0. The minimum absolute atomic E-state index is 0. The summed E-state index contributed by atoms with van der Waals surface area (Å²) in [4.78, 5) is 9.06. The first-order chi connectivity index (χ1) is 21.0. The molecule has 1 aliphatic heterocycles. The summed E-state index contributed by atoms with van der Waals surface area (Å²) in [6.07, 6.45) is 3.76. The molecule has 0 fully saturated rings. The van der Waals surface area contributed by atoms with E-state index in [1.165, 1.54) is 22.3 Å². The average molecular weight is 747 g/mol. The van der Waals surface area contributed by atoms with Gasteiger partial charge in [0.1, 0.15) is 5.69 Å². The van der Waals surface area contributed by atoms with Crippen LogP contribution < -0.4 is 9.15 Å². The van der Waals surface area contributed by atoms with Crippen LogP contribution in [0.4, 0.5) is 22.7 Å². The average Bonchev–Trinajstić information content (AvgIpc) is 3.56. The van der Waals surface area contributed by atoms with Crippen molar-refractivity contribution in [2.24, 2.45) is 0 Å². The molecule has 0 N–H and O–H groups in total. The number of aryl methyl sites for hydroxylation is 1. The van der Waals surface area contributed by atoms with Gasteiger partial charge < -0.3 is 4.98 Å². The molecule has 0 saturated heterocycles. The van der Waals surface area contributed by atoms with Crippen LogP contribution in [0.1, 0.15) is 30.7 Å². The van der Waals surface area contributed by atoms with Gasteiger partial charge >= 0.3 is 6.01 Å². The van der Waals surface area contributed by atoms with Crippen LogP contribution in [-0.4, -0.2) is 16.0 Å². The molecule has 4 nitrogen and oxygen atoms in total. The van der Waals surface area contributed by atoms with E-state index in [0.717, 1.165) is 39.7 Å². The van der Waals surface area contributed by atoms with Gasteiger partial charge in [0.05, 0.1) is 0 Å². The Morgan fingerprint density at radius 1 is 0.682 bits per heavy atom. The van der Waals surface area contributed by atoms with Crippen molar-refractivity contribution in [3.05, 3.63) is 157 Å². The zero-order valence-electron chi connectivity index (χ0n) is 24.7. The maximum atomic E-state index is 4.74. The Balaban J connectivity index is 0.000000207. The van der Waals surface area contributed by atoms with Gasteiger partial charge in [-0.05, 0) is 39.8 Å². The van der Waals surface area contributed by atoms with Gasteiger partial charge in [0.25, 0.3) is 11.4 Å². The molecular weight excluding hydrogens is 717 g/mol. The standard InChI is InChI=1S/C27H20N3.C12H10N.Ir/c1-27(2)25-20(21-13-9-17-28-26(21)27)12-8-16-24(25)30-18-29(19-10-4-3-5-11-19)22-14-6-7-15-23(22)30;1-10-7-8-12(13-9-10)11-5-3-2-4-6-11;/h3-15,17H,1-2H3;2-5,7-9H,1H3;/q+1;-1;. The third-order valence-corrected chi connectivity index (χ3v) is 7.99. The molecule has 44 heavy (non-hydrogen) atoms. The van der Waals surface area contributed by atoms with Crippen molar-refractivity contribution in [3.63, 3.8) is 0 Å². The molecule has 0 bridgehead atoms. The predicted octanol–water partition coefficient (Wildman–Crippen LogP) is 8.90. The summed E-state index contributed by atoms with van der Waals surface area (Å²) in [6.45, 7) is 6.53. The van der Waals surface area contributed by atoms with E-state index in [0.29, 0.717) is 0 Å². The van der Waals surface area contributed by atoms with Crippen molar-refractivity contribution in [3.8, 4) is 22.4 Å². The fourth-order valence-electron chi connectivity index (χ4n) is 5.93. The number of hydrogen-bond acceptors (Lipinski definition) is 2. The molecule has 0 spiro atoms. The van der Waals surface area contributed by atoms with Crippen LogP contribution in [0.2, 0.25) is 0 Å². The maximum Gasteiger partial charge on any atom is 0.501 e. The molecule has 8 rings (SSSR count). The van der Waals surface area contributed by atoms with E-state index in [-0.39, 0.29) is 25.5 Å². The Labute approximate surface area is 272 Å². The van der Waals surface area contributed by atoms with E-state index in [2.05, 4.69) is 113 Å². The van der Waals surface area contributed by atoms with Crippen molar-refractivity contribution in [2.45, 2.75) is 26.2 Å². The first kappa shape index (κ1) is 29.3. The normalized spacial score (nSPS) is 13.2. The number of para-hydroxylation sites is 3. The summed E-state index contributed by atoms with van der Waals surface area (Å²) in [5.74, 6) is 0. The van der Waals surface area contributed by atoms with Crippen molar-refractivity contribution < 1.29 is 20.1 Å². The van der Waals surface area contributed by atoms with Crippen molar-refractivity contribution >= 4 is 28.8 Å². The van der Waals surface area contributed by atoms with E-state index in [9.17, 15) is 0 Å². The van der Waals surface area contributed by atoms with Gasteiger partial charge in [-0.2, -0.15) is 12.1 Å². The zero-order chi connectivity index (χ0) is 29.4. The molecule has 6 aromatic rings. The Kier molecular flexibility index (Phi) is 8.03. The number of benzene rings is 4. The molecule has 3 heterocycles. The second-order valence-corrected chi connectivity index (χ2v) is 11.2. The third kappa shape index (κ3) is 5.16. The molecule has 5 heteroatoms. The summed E-state index contributed by atoms with van der Waals surface area (Å²) < 4.78 is 4.27. The van der Waals surface area contributed by atoms with Gasteiger partial charge in [0.2, 0.25) is 5.69 Å². The number of pyridine rings is 2. The molecule has 4 aromatic carbocycles. The second-order valence-electron chi connectivity index (χ2n) is 11.2. The quantitative estimate of drug-likeness (QED) is 0.134. The topological polar surface area (TPSA) is 31.8 Å². The first-order valence-corrected chi connectivity index (χ1v) is 14.4. The van der Waals surface area contributed by atoms with Crippen molar-refractivity contribution in [1.29, 1.82) is 0 Å². The van der Waals surface area contributed by atoms with E-state index >= 15 is 0 Å². The molecule has 0 unspecified atom stereocenters. The van der Waals surface area contributed by atoms with Crippen LogP contribution in [0, 0.1) is 19.1 Å². The Morgan fingerprint density at radius 3 is 2.16 bits per heavy atom. The second kappa shape index (κ2) is 12.1. The van der Waals surface area contributed by atoms with Crippen LogP contribution in [0.25, 0.3) is 22.4 Å². The first-order valence-electron chi connectivity index (χ1n) is 14.4. The molecule has 0 amide bonds. The molecule has 0 saturated carbocycles. The van der Waals surface area contributed by atoms with E-state index in [1.807, 2.05) is 67.8 Å². The smallest absolute Gasteiger partial charge is 0.304 e. The fourth-order valence-corrected chi connectivity index (χ4v) is 5.93. The van der Waals surface area contributed by atoms with E-state index in [4.69, 9.17) is 4.98 Å². The minimum atomic E-state index is -0.212. The van der Waals surface area contributed by atoms with E-state index in [1.54, 1.807) is 0 Å². The molecule has 1 aliphatic carbocycles. The summed E-state index contributed by atoms with van der Waals surface area (Å²) in [7, 11) is 0. The van der Waals surface area contributed by atoms with Crippen LogP contribution >= 0.6 is 0 Å². The summed E-state index contributed by atoms with van der Waals surface area (Å²) in [5.41, 5.74) is 12.1. The van der Waals surface area contributed by atoms with Gasteiger partial charge in [-0.3, -0.25) is 4.98 Å². The van der Waals surface area contributed by atoms with Gasteiger partial charge in [0.15, 0.2) is 0 Å². The molecule has 2 aliphatic rings. The number of rotatable bonds is 3. The minimum Gasteiger partial charge on any atom is -0.304 e. The van der Waals surface area contributed by atoms with Crippen LogP contribution in [0.3, 0.4) is 0 Å². The van der Waals surface area contributed by atoms with Crippen LogP contribution in [0.15, 0.2) is 128 Å². The molecule has 215 valence electrons. The van der Waals surface area contributed by atoms with Gasteiger partial charge in [0, 0.05) is 62.5 Å². The van der Waals surface area contributed by atoms with Gasteiger partial charge in [-0.1, -0.05) is 72.5 Å². The fraction of sp³-hybridized carbons (Fsp3) is 0.103. The van der Waals surface area contributed by atoms with Crippen LogP contribution in [0.5, 0.6) is 0 Å². The SMILES string of the molecule is CC1(C)c2ncccc2-c2cc[c-]c([N+]3=C=[N+](c4ccccc4)c4ccccc43)c21.Cc1ccc(-c2[c-]cccc2)nc1.[Ir]. The number of fused-ring (bicyclic) bond motifs is 4. The number of aromatic nitrogens is 2. The Bertz CT molecular complexity index is 2030. The van der Waals surface area contributed by atoms with Crippen molar-refractivity contribution in [1.82, 2.24) is 19.1 Å². The Morgan fingerprint density at radius 2 is 1.43 bits per heavy atom. The summed E-state index contributed by atoms with van der Waals surface area (Å²) in [6, 6.07) is 49.3. The molecule has 1 radical (unpaired) electrons. The van der Waals surface area contributed by atoms with Crippen molar-refractivity contribution in [2.75, 3.05) is 0 Å².